The van der Waals surface area contributed by atoms with Gasteiger partial charge >= 0.3 is 0 Å². The van der Waals surface area contributed by atoms with E-state index in [1.165, 1.54) is 0 Å². The van der Waals surface area contributed by atoms with Gasteiger partial charge in [0.25, 0.3) is 0 Å². The Labute approximate surface area is 153 Å². The minimum Gasteiger partial charge on any atom is -0.300 e. The Morgan fingerprint density at radius 3 is 2.69 bits per heavy atom. The van der Waals surface area contributed by atoms with Crippen LogP contribution in [0.1, 0.15) is 46.5 Å². The molecule has 1 aliphatic heterocycles. The van der Waals surface area contributed by atoms with Crippen LogP contribution >= 0.6 is 0 Å². The highest BCUT2D eigenvalue weighted by Crippen LogP contribution is 2.39. The number of carbonyl (C=O) groups is 1. The van der Waals surface area contributed by atoms with Crippen molar-refractivity contribution in [1.82, 2.24) is 10.0 Å². The van der Waals surface area contributed by atoms with Crippen LogP contribution in [-0.2, 0) is 4.79 Å². The van der Waals surface area contributed by atoms with Crippen molar-refractivity contribution in [3.05, 3.63) is 46.7 Å². The number of carbonyl (C=O) groups excluding carboxylic acids is 1. The lowest BCUT2D eigenvalue weighted by Crippen LogP contribution is -2.59. The number of halogens is 2. The predicted molar refractivity (Wildman–Crippen MR) is 96.8 cm³/mol. The number of allylic oxidation sites excluding steroid dienone is 3. The second-order valence-electron chi connectivity index (χ2n) is 7.05. The molecule has 0 unspecified atom stereocenters. The third kappa shape index (κ3) is 3.49. The molecule has 0 aromatic carbocycles. The maximum Gasteiger partial charge on any atom is 0.159 e. The molecule has 26 heavy (non-hydrogen) atoms. The summed E-state index contributed by atoms with van der Waals surface area (Å²) in [6.45, 7) is 10.4. The molecular formula is C20H25F2N3O. The number of unbranched alkanes of at least 4 members (excludes halogenated alkanes) is 1. The van der Waals surface area contributed by atoms with Crippen LogP contribution in [0.3, 0.4) is 0 Å². The van der Waals surface area contributed by atoms with Crippen molar-refractivity contribution < 1.29 is 13.6 Å². The minimum atomic E-state index is -0.833. The van der Waals surface area contributed by atoms with Gasteiger partial charge in [-0.2, -0.15) is 5.26 Å². The predicted octanol–water partition coefficient (Wildman–Crippen LogP) is 4.50. The first kappa shape index (κ1) is 20.1. The van der Waals surface area contributed by atoms with Gasteiger partial charge in [0.1, 0.15) is 5.83 Å². The molecule has 0 aromatic heterocycles. The molecule has 0 fully saturated rings. The molecule has 0 spiro atoms. The highest BCUT2D eigenvalue weighted by molar-refractivity contribution is 5.83. The third-order valence-corrected chi connectivity index (χ3v) is 4.99. The van der Waals surface area contributed by atoms with Gasteiger partial charge in [-0.25, -0.2) is 13.8 Å². The summed E-state index contributed by atoms with van der Waals surface area (Å²) in [5.41, 5.74) is 0.385. The first-order valence-electron chi connectivity index (χ1n) is 8.87. The Balaban J connectivity index is 2.49. The normalized spacial score (nSPS) is 21.0. The van der Waals surface area contributed by atoms with E-state index in [1.54, 1.807) is 11.1 Å². The van der Waals surface area contributed by atoms with Crippen molar-refractivity contribution in [3.63, 3.8) is 0 Å². The lowest BCUT2D eigenvalue weighted by atomic mass is 9.86. The van der Waals surface area contributed by atoms with Crippen LogP contribution in [0.2, 0.25) is 0 Å². The average Bonchev–Trinajstić information content (AvgIpc) is 2.60. The molecule has 2 rings (SSSR count). The average molecular weight is 361 g/mol. The van der Waals surface area contributed by atoms with E-state index < -0.39 is 17.2 Å². The molecule has 0 amide bonds. The van der Waals surface area contributed by atoms with E-state index in [0.29, 0.717) is 30.5 Å². The lowest BCUT2D eigenvalue weighted by molar-refractivity contribution is -0.106. The third-order valence-electron chi connectivity index (χ3n) is 4.99. The number of hydrogen-bond acceptors (Lipinski definition) is 4. The molecule has 6 heteroatoms. The van der Waals surface area contributed by atoms with Crippen LogP contribution in [0.5, 0.6) is 0 Å². The summed E-state index contributed by atoms with van der Waals surface area (Å²) in [7, 11) is 0. The summed E-state index contributed by atoms with van der Waals surface area (Å²) in [4.78, 5) is 11.6. The molecule has 4 nitrogen and oxygen atoms in total. The summed E-state index contributed by atoms with van der Waals surface area (Å²) in [6, 6.07) is 2.13. The molecule has 0 saturated carbocycles. The molecule has 1 aliphatic carbocycles. The smallest absolute Gasteiger partial charge is 0.159 e. The number of nitriles is 1. The topological polar surface area (TPSA) is 47.3 Å². The van der Waals surface area contributed by atoms with Crippen LogP contribution < -0.4 is 0 Å². The van der Waals surface area contributed by atoms with Gasteiger partial charge in [0.05, 0.1) is 35.0 Å². The van der Waals surface area contributed by atoms with Crippen molar-refractivity contribution in [2.24, 2.45) is 0 Å². The monoisotopic (exact) mass is 361 g/mol. The van der Waals surface area contributed by atoms with Crippen molar-refractivity contribution in [2.75, 3.05) is 13.1 Å². The fourth-order valence-electron chi connectivity index (χ4n) is 3.44. The van der Waals surface area contributed by atoms with E-state index in [2.05, 4.69) is 19.6 Å². The first-order chi connectivity index (χ1) is 12.3. The zero-order valence-corrected chi connectivity index (χ0v) is 15.6. The molecule has 0 saturated heterocycles. The van der Waals surface area contributed by atoms with Crippen LogP contribution in [0.25, 0.3) is 0 Å². The molecule has 0 atom stereocenters. The number of nitrogens with zero attached hydrogens (tertiary/aromatic N) is 3. The Hall–Kier alpha value is -2.26. The van der Waals surface area contributed by atoms with Gasteiger partial charge in [0, 0.05) is 18.5 Å². The van der Waals surface area contributed by atoms with Crippen LogP contribution in [0.4, 0.5) is 8.78 Å². The Morgan fingerprint density at radius 2 is 2.12 bits per heavy atom. The molecular weight excluding hydrogens is 336 g/mol. The van der Waals surface area contributed by atoms with E-state index in [4.69, 9.17) is 0 Å². The number of hydrazine groups is 1. The van der Waals surface area contributed by atoms with Crippen molar-refractivity contribution in [1.29, 1.82) is 5.26 Å². The number of rotatable bonds is 6. The molecule has 140 valence electrons. The largest absolute Gasteiger partial charge is 0.300 e. The zero-order valence-electron chi connectivity index (χ0n) is 15.6. The van der Waals surface area contributed by atoms with Gasteiger partial charge < -0.3 is 5.01 Å². The van der Waals surface area contributed by atoms with Gasteiger partial charge in [-0.15, -0.1) is 0 Å². The molecule has 2 aliphatic rings. The van der Waals surface area contributed by atoms with E-state index in [9.17, 15) is 18.8 Å². The maximum atomic E-state index is 14.2. The van der Waals surface area contributed by atoms with Gasteiger partial charge in [-0.3, -0.25) is 4.79 Å². The Bertz CT molecular complexity index is 741. The number of hydrogen-bond donors (Lipinski definition) is 0. The Morgan fingerprint density at radius 1 is 1.42 bits per heavy atom. The summed E-state index contributed by atoms with van der Waals surface area (Å²) in [5.74, 6) is -1.58. The van der Waals surface area contributed by atoms with E-state index >= 15 is 0 Å². The van der Waals surface area contributed by atoms with Gasteiger partial charge in [0.2, 0.25) is 0 Å². The van der Waals surface area contributed by atoms with Gasteiger partial charge in [-0.1, -0.05) is 26.0 Å². The van der Waals surface area contributed by atoms with E-state index in [1.807, 2.05) is 18.9 Å². The fourth-order valence-corrected chi connectivity index (χ4v) is 3.44. The molecule has 0 bridgehead atoms. The second kappa shape index (κ2) is 7.96. The van der Waals surface area contributed by atoms with Crippen LogP contribution in [0.15, 0.2) is 46.7 Å². The maximum absolute atomic E-state index is 14.2. The van der Waals surface area contributed by atoms with Crippen molar-refractivity contribution >= 4 is 6.29 Å². The van der Waals surface area contributed by atoms with Crippen molar-refractivity contribution in [2.45, 2.75) is 52.0 Å². The van der Waals surface area contributed by atoms with Crippen LogP contribution in [0, 0.1) is 11.3 Å². The molecule has 0 radical (unpaired) electrons. The van der Waals surface area contributed by atoms with E-state index in [0.717, 1.165) is 12.8 Å². The zero-order chi connectivity index (χ0) is 19.5. The fraction of sp³-hybridized carbons (Fsp3) is 0.500. The Kier molecular flexibility index (Phi) is 6.14. The van der Waals surface area contributed by atoms with Gasteiger partial charge in [-0.05, 0) is 26.7 Å². The SMILES string of the molecule is C=C1C(C=O)=C(C#N)C(C)(C)N(CCCC)N1CC1=CCCC(F)=C1F. The summed E-state index contributed by atoms with van der Waals surface area (Å²) < 4.78 is 27.9. The quantitative estimate of drug-likeness (QED) is 0.654. The standard InChI is InChI=1S/C20H25F2N3O/c1-5-6-10-25-20(3,4)17(11-23)16(13-26)14(2)24(25)12-15-8-7-9-18(21)19(15)22/h8,13H,2,5-7,9-10,12H2,1,3-4H3. The molecule has 0 N–H and O–H groups in total. The van der Waals surface area contributed by atoms with Crippen molar-refractivity contribution in [3.8, 4) is 6.07 Å². The highest BCUT2D eigenvalue weighted by Gasteiger charge is 2.43. The summed E-state index contributed by atoms with van der Waals surface area (Å²) in [6.07, 6.45) is 4.60. The lowest BCUT2D eigenvalue weighted by Gasteiger charge is -2.51. The molecule has 0 aromatic rings. The minimum absolute atomic E-state index is 0.0688. The first-order valence-corrected chi connectivity index (χ1v) is 8.87. The number of aldehydes is 1. The molecule has 1 heterocycles. The summed E-state index contributed by atoms with van der Waals surface area (Å²) >= 11 is 0. The van der Waals surface area contributed by atoms with Gasteiger partial charge in [0.15, 0.2) is 12.1 Å². The highest BCUT2D eigenvalue weighted by atomic mass is 19.2. The summed E-state index contributed by atoms with van der Waals surface area (Å²) in [5, 5.41) is 13.2. The van der Waals surface area contributed by atoms with E-state index in [-0.39, 0.29) is 24.1 Å². The van der Waals surface area contributed by atoms with Crippen LogP contribution in [-0.4, -0.2) is 34.9 Å². The second-order valence-corrected chi connectivity index (χ2v) is 7.05.